The third-order valence-electron chi connectivity index (χ3n) is 3.66. The molecule has 5 heteroatoms. The van der Waals surface area contributed by atoms with Crippen molar-refractivity contribution in [1.29, 1.82) is 0 Å². The summed E-state index contributed by atoms with van der Waals surface area (Å²) in [5.41, 5.74) is 1.08. The summed E-state index contributed by atoms with van der Waals surface area (Å²) in [5.74, 6) is 0.718. The Kier molecular flexibility index (Phi) is 5.31. The molecule has 20 heavy (non-hydrogen) atoms. The van der Waals surface area contributed by atoms with E-state index in [9.17, 15) is 9.90 Å². The number of para-hydroxylation sites is 1. The molecule has 4 nitrogen and oxygen atoms in total. The summed E-state index contributed by atoms with van der Waals surface area (Å²) >= 11 is 1.56. The van der Waals surface area contributed by atoms with E-state index in [1.54, 1.807) is 11.8 Å². The lowest BCUT2D eigenvalue weighted by atomic mass is 9.95. The van der Waals surface area contributed by atoms with E-state index < -0.39 is 0 Å². The highest BCUT2D eigenvalue weighted by Gasteiger charge is 2.28. The molecule has 3 unspecified atom stereocenters. The predicted octanol–water partition coefficient (Wildman–Crippen LogP) is 1.47. The van der Waals surface area contributed by atoms with E-state index in [0.717, 1.165) is 11.3 Å². The molecule has 3 atom stereocenters. The fraction of sp³-hybridized carbons (Fsp3) is 0.533. The lowest BCUT2D eigenvalue weighted by Gasteiger charge is -2.27. The molecule has 0 bridgehead atoms. The van der Waals surface area contributed by atoms with E-state index in [4.69, 9.17) is 4.74 Å². The lowest BCUT2D eigenvalue weighted by Crippen LogP contribution is -2.46. The summed E-state index contributed by atoms with van der Waals surface area (Å²) < 4.78 is 5.64. The van der Waals surface area contributed by atoms with Crippen molar-refractivity contribution < 1.29 is 14.6 Å². The second-order valence-corrected chi connectivity index (χ2v) is 6.15. The van der Waals surface area contributed by atoms with Crippen LogP contribution in [0.5, 0.6) is 5.75 Å². The number of carbonyl (C=O) groups is 1. The van der Waals surface area contributed by atoms with Gasteiger partial charge in [0.15, 0.2) is 0 Å². The Hall–Kier alpha value is -1.20. The number of thioether (sulfide) groups is 1. The summed E-state index contributed by atoms with van der Waals surface area (Å²) in [6.45, 7) is 2.40. The molecular formula is C15H21NO3S. The number of aliphatic hydroxyl groups excluding tert-OH is 1. The third-order valence-corrected chi connectivity index (χ3v) is 4.82. The maximum Gasteiger partial charge on any atom is 0.227 e. The summed E-state index contributed by atoms with van der Waals surface area (Å²) in [5, 5.41) is 12.3. The summed E-state index contributed by atoms with van der Waals surface area (Å²) in [4.78, 5) is 12.3. The molecule has 0 spiro atoms. The maximum atomic E-state index is 12.3. The fourth-order valence-electron chi connectivity index (χ4n) is 2.37. The first-order chi connectivity index (χ1) is 9.65. The molecule has 0 saturated carbocycles. The van der Waals surface area contributed by atoms with Crippen LogP contribution >= 0.6 is 11.8 Å². The number of aliphatic hydroxyl groups is 1. The number of carbonyl (C=O) groups excluding carboxylic acids is 1. The van der Waals surface area contributed by atoms with Crippen LogP contribution in [0.1, 0.15) is 12.5 Å². The molecule has 0 aliphatic carbocycles. The van der Waals surface area contributed by atoms with Gasteiger partial charge in [0.05, 0.1) is 12.5 Å². The van der Waals surface area contributed by atoms with Crippen molar-refractivity contribution in [2.24, 2.45) is 5.92 Å². The van der Waals surface area contributed by atoms with Crippen LogP contribution in [-0.2, 0) is 11.2 Å². The van der Waals surface area contributed by atoms with E-state index in [-0.39, 0.29) is 29.7 Å². The summed E-state index contributed by atoms with van der Waals surface area (Å²) in [7, 11) is 0. The van der Waals surface area contributed by atoms with Gasteiger partial charge < -0.3 is 15.2 Å². The minimum Gasteiger partial charge on any atom is -0.492 e. The first-order valence-corrected chi connectivity index (χ1v) is 8.09. The van der Waals surface area contributed by atoms with Crippen LogP contribution in [0, 0.1) is 5.92 Å². The Labute approximate surface area is 123 Å². The maximum absolute atomic E-state index is 12.3. The second kappa shape index (κ2) is 6.99. The molecule has 0 aromatic heterocycles. The zero-order valence-electron chi connectivity index (χ0n) is 11.8. The number of amides is 1. The standard InChI is InChI=1S/C15H21NO3S/c1-10(14(8-17)20-2)16-15(18)12-7-11-5-3-4-6-13(11)19-9-12/h3-6,10,12,14,17H,7-9H2,1-2H3,(H,16,18). The monoisotopic (exact) mass is 295 g/mol. The van der Waals surface area contributed by atoms with Gasteiger partial charge in [0, 0.05) is 11.3 Å². The van der Waals surface area contributed by atoms with Crippen molar-refractivity contribution >= 4 is 17.7 Å². The first-order valence-electron chi connectivity index (χ1n) is 6.80. The number of nitrogens with one attached hydrogen (secondary N) is 1. The first kappa shape index (κ1) is 15.2. The minimum atomic E-state index is -0.159. The van der Waals surface area contributed by atoms with Gasteiger partial charge in [-0.3, -0.25) is 4.79 Å². The van der Waals surface area contributed by atoms with Crippen LogP contribution in [0.3, 0.4) is 0 Å². The Morgan fingerprint density at radius 1 is 1.55 bits per heavy atom. The van der Waals surface area contributed by atoms with Crippen LogP contribution in [0.25, 0.3) is 0 Å². The van der Waals surface area contributed by atoms with E-state index in [2.05, 4.69) is 5.32 Å². The number of benzene rings is 1. The van der Waals surface area contributed by atoms with Gasteiger partial charge in [-0.1, -0.05) is 18.2 Å². The zero-order valence-corrected chi connectivity index (χ0v) is 12.7. The van der Waals surface area contributed by atoms with Gasteiger partial charge in [0.2, 0.25) is 5.91 Å². The molecule has 0 saturated heterocycles. The van der Waals surface area contributed by atoms with Crippen LogP contribution in [-0.4, -0.2) is 41.8 Å². The van der Waals surface area contributed by atoms with Crippen LogP contribution < -0.4 is 10.1 Å². The topological polar surface area (TPSA) is 58.6 Å². The molecule has 2 rings (SSSR count). The van der Waals surface area contributed by atoms with Crippen molar-refractivity contribution in [3.63, 3.8) is 0 Å². The number of hydrogen-bond donors (Lipinski definition) is 2. The fourth-order valence-corrected chi connectivity index (χ4v) is 2.99. The number of ether oxygens (including phenoxy) is 1. The van der Waals surface area contributed by atoms with E-state index in [0.29, 0.717) is 13.0 Å². The molecule has 0 radical (unpaired) electrons. The van der Waals surface area contributed by atoms with E-state index in [1.807, 2.05) is 37.4 Å². The Morgan fingerprint density at radius 2 is 2.30 bits per heavy atom. The molecule has 0 fully saturated rings. The summed E-state index contributed by atoms with van der Waals surface area (Å²) in [6, 6.07) is 7.77. The zero-order chi connectivity index (χ0) is 14.5. The Bertz CT molecular complexity index is 462. The molecule has 1 amide bonds. The van der Waals surface area contributed by atoms with Crippen molar-refractivity contribution in [3.8, 4) is 5.75 Å². The number of fused-ring (bicyclic) bond motifs is 1. The van der Waals surface area contributed by atoms with Gasteiger partial charge in [-0.2, -0.15) is 11.8 Å². The highest BCUT2D eigenvalue weighted by atomic mass is 32.2. The highest BCUT2D eigenvalue weighted by Crippen LogP contribution is 2.27. The summed E-state index contributed by atoms with van der Waals surface area (Å²) in [6.07, 6.45) is 2.64. The van der Waals surface area contributed by atoms with Gasteiger partial charge >= 0.3 is 0 Å². The predicted molar refractivity (Wildman–Crippen MR) is 81.1 cm³/mol. The largest absolute Gasteiger partial charge is 0.492 e. The Balaban J connectivity index is 1.95. The normalized spacial score (nSPS) is 20.4. The molecule has 110 valence electrons. The van der Waals surface area contributed by atoms with Gasteiger partial charge in [0.1, 0.15) is 12.4 Å². The SMILES string of the molecule is CSC(CO)C(C)NC(=O)C1COc2ccccc2C1. The van der Waals surface area contributed by atoms with Crippen molar-refractivity contribution in [1.82, 2.24) is 5.32 Å². The molecule has 2 N–H and O–H groups in total. The third kappa shape index (κ3) is 3.46. The molecule has 1 aliphatic heterocycles. The van der Waals surface area contributed by atoms with Gasteiger partial charge in [-0.25, -0.2) is 0 Å². The second-order valence-electron chi connectivity index (χ2n) is 5.07. The van der Waals surface area contributed by atoms with Crippen molar-refractivity contribution in [3.05, 3.63) is 29.8 Å². The van der Waals surface area contributed by atoms with Gasteiger partial charge in [-0.05, 0) is 31.2 Å². The smallest absolute Gasteiger partial charge is 0.227 e. The van der Waals surface area contributed by atoms with Gasteiger partial charge in [-0.15, -0.1) is 0 Å². The lowest BCUT2D eigenvalue weighted by molar-refractivity contribution is -0.126. The number of rotatable bonds is 5. The average molecular weight is 295 g/mol. The van der Waals surface area contributed by atoms with Crippen LogP contribution in [0.2, 0.25) is 0 Å². The Morgan fingerprint density at radius 3 is 3.00 bits per heavy atom. The minimum absolute atomic E-state index is 0.000460. The molecule has 1 aromatic carbocycles. The quantitative estimate of drug-likeness (QED) is 0.863. The van der Waals surface area contributed by atoms with Crippen molar-refractivity contribution in [2.45, 2.75) is 24.6 Å². The molecule has 1 aromatic rings. The molecule has 1 heterocycles. The number of hydrogen-bond acceptors (Lipinski definition) is 4. The average Bonchev–Trinajstić information content (AvgIpc) is 2.48. The van der Waals surface area contributed by atoms with E-state index >= 15 is 0 Å². The van der Waals surface area contributed by atoms with Crippen LogP contribution in [0.15, 0.2) is 24.3 Å². The van der Waals surface area contributed by atoms with Crippen LogP contribution in [0.4, 0.5) is 0 Å². The molecule has 1 aliphatic rings. The van der Waals surface area contributed by atoms with Gasteiger partial charge in [0.25, 0.3) is 0 Å². The molecular weight excluding hydrogens is 274 g/mol. The van der Waals surface area contributed by atoms with E-state index in [1.165, 1.54) is 0 Å². The van der Waals surface area contributed by atoms with Crippen molar-refractivity contribution in [2.75, 3.05) is 19.5 Å². The highest BCUT2D eigenvalue weighted by molar-refractivity contribution is 7.99.